The van der Waals surface area contributed by atoms with Gasteiger partial charge in [0.25, 0.3) is 0 Å². The first kappa shape index (κ1) is 12.9. The molecule has 2 saturated carbocycles. The van der Waals surface area contributed by atoms with Crippen LogP contribution in [0.2, 0.25) is 0 Å². The van der Waals surface area contributed by atoms with Crippen LogP contribution in [-0.4, -0.2) is 16.1 Å². The first-order chi connectivity index (χ1) is 8.86. The molecule has 0 spiro atoms. The molecule has 2 fully saturated rings. The third kappa shape index (κ3) is 2.13. The predicted octanol–water partition coefficient (Wildman–Crippen LogP) is 3.76. The fraction of sp³-hybridized carbons (Fsp3) is 0.667. The molecule has 3 rings (SSSR count). The fourth-order valence-corrected chi connectivity index (χ4v) is 4.51. The van der Waals surface area contributed by atoms with Crippen molar-refractivity contribution in [2.45, 2.75) is 37.8 Å². The Kier molecular flexibility index (Phi) is 2.85. The molecular weight excluding hydrogens is 279 g/mol. The summed E-state index contributed by atoms with van der Waals surface area (Å²) in [4.78, 5) is 13.9. The normalized spacial score (nSPS) is 29.9. The van der Waals surface area contributed by atoms with Crippen LogP contribution in [0.25, 0.3) is 0 Å². The van der Waals surface area contributed by atoms with Gasteiger partial charge in [-0.15, -0.1) is 11.3 Å². The second-order valence-electron chi connectivity index (χ2n) is 5.31. The van der Waals surface area contributed by atoms with E-state index in [9.17, 15) is 18.0 Å². The lowest BCUT2D eigenvalue weighted by atomic mass is 9.89. The Hall–Kier alpha value is -1.11. The Morgan fingerprint density at radius 3 is 2.47 bits per heavy atom. The van der Waals surface area contributed by atoms with Crippen LogP contribution in [0.15, 0.2) is 0 Å². The third-order valence-electron chi connectivity index (χ3n) is 4.16. The van der Waals surface area contributed by atoms with Crippen LogP contribution in [0.1, 0.15) is 52.0 Å². The van der Waals surface area contributed by atoms with Crippen molar-refractivity contribution in [2.24, 2.45) is 11.8 Å². The number of halogens is 3. The highest BCUT2D eigenvalue weighted by molar-refractivity contribution is 7.13. The maximum Gasteiger partial charge on any atom is 0.435 e. The number of fused-ring (bicyclic) bond motifs is 2. The first-order valence-corrected chi connectivity index (χ1v) is 6.99. The quantitative estimate of drug-likeness (QED) is 0.902. The van der Waals surface area contributed by atoms with Gasteiger partial charge in [0.1, 0.15) is 4.88 Å². The summed E-state index contributed by atoms with van der Waals surface area (Å²) in [6.45, 7) is 0. The minimum Gasteiger partial charge on any atom is -0.477 e. The third-order valence-corrected chi connectivity index (χ3v) is 5.34. The Balaban J connectivity index is 1.97. The lowest BCUT2D eigenvalue weighted by Gasteiger charge is -2.18. The molecule has 1 aromatic rings. The van der Waals surface area contributed by atoms with Gasteiger partial charge in [-0.3, -0.25) is 0 Å². The first-order valence-electron chi connectivity index (χ1n) is 6.17. The second-order valence-corrected chi connectivity index (χ2v) is 6.34. The largest absolute Gasteiger partial charge is 0.477 e. The van der Waals surface area contributed by atoms with Crippen molar-refractivity contribution in [2.75, 3.05) is 0 Å². The van der Waals surface area contributed by atoms with E-state index in [1.165, 1.54) is 0 Å². The van der Waals surface area contributed by atoms with Crippen molar-refractivity contribution in [1.29, 1.82) is 0 Å². The number of carbonyl (C=O) groups is 1. The van der Waals surface area contributed by atoms with Gasteiger partial charge in [-0.05, 0) is 31.1 Å². The number of nitrogens with zero attached hydrogens (tertiary/aromatic N) is 1. The molecule has 1 heterocycles. The molecule has 0 aromatic carbocycles. The molecule has 19 heavy (non-hydrogen) atoms. The molecular formula is C12H12F3NO2S. The molecule has 2 aliphatic rings. The van der Waals surface area contributed by atoms with E-state index in [1.54, 1.807) is 0 Å². The van der Waals surface area contributed by atoms with Gasteiger partial charge in [0.05, 0.1) is 5.01 Å². The van der Waals surface area contributed by atoms with Crippen molar-refractivity contribution >= 4 is 17.3 Å². The summed E-state index contributed by atoms with van der Waals surface area (Å²) in [6.07, 6.45) is -0.619. The van der Waals surface area contributed by atoms with Crippen molar-refractivity contribution in [3.63, 3.8) is 0 Å². The molecule has 0 amide bonds. The maximum atomic E-state index is 12.8. The van der Waals surface area contributed by atoms with E-state index in [0.29, 0.717) is 28.2 Å². The minimum absolute atomic E-state index is 0.0259. The Bertz CT molecular complexity index is 526. The van der Waals surface area contributed by atoms with Crippen LogP contribution in [0, 0.1) is 11.8 Å². The zero-order valence-corrected chi connectivity index (χ0v) is 10.7. The van der Waals surface area contributed by atoms with Crippen LogP contribution in [0.4, 0.5) is 13.2 Å². The zero-order chi connectivity index (χ0) is 13.8. The summed E-state index contributed by atoms with van der Waals surface area (Å²) in [5.74, 6) is -0.544. The van der Waals surface area contributed by atoms with Gasteiger partial charge in [-0.1, -0.05) is 6.42 Å². The number of aromatic carboxylic acids is 1. The van der Waals surface area contributed by atoms with E-state index < -0.39 is 22.7 Å². The monoisotopic (exact) mass is 291 g/mol. The van der Waals surface area contributed by atoms with E-state index in [4.69, 9.17) is 5.11 Å². The summed E-state index contributed by atoms with van der Waals surface area (Å²) < 4.78 is 38.3. The van der Waals surface area contributed by atoms with Gasteiger partial charge >= 0.3 is 12.1 Å². The van der Waals surface area contributed by atoms with Crippen molar-refractivity contribution in [3.05, 3.63) is 15.6 Å². The van der Waals surface area contributed by atoms with E-state index in [2.05, 4.69) is 4.98 Å². The van der Waals surface area contributed by atoms with Crippen molar-refractivity contribution in [1.82, 2.24) is 4.98 Å². The van der Waals surface area contributed by atoms with Crippen molar-refractivity contribution in [3.8, 4) is 0 Å². The molecule has 0 radical (unpaired) electrons. The number of hydrogen-bond acceptors (Lipinski definition) is 3. The fourth-order valence-electron chi connectivity index (χ4n) is 3.38. The highest BCUT2D eigenvalue weighted by atomic mass is 32.1. The second kappa shape index (κ2) is 4.19. The Labute approximate surface area is 111 Å². The molecule has 7 heteroatoms. The highest BCUT2D eigenvalue weighted by Crippen LogP contribution is 2.54. The highest BCUT2D eigenvalue weighted by Gasteiger charge is 2.45. The lowest BCUT2D eigenvalue weighted by Crippen LogP contribution is -2.12. The average molecular weight is 291 g/mol. The van der Waals surface area contributed by atoms with E-state index >= 15 is 0 Å². The molecule has 1 aromatic heterocycles. The number of aromatic nitrogens is 1. The van der Waals surface area contributed by atoms with Gasteiger partial charge in [0.2, 0.25) is 0 Å². The van der Waals surface area contributed by atoms with Gasteiger partial charge < -0.3 is 5.11 Å². The summed E-state index contributed by atoms with van der Waals surface area (Å²) >= 11 is 0.701. The van der Waals surface area contributed by atoms with Crippen LogP contribution in [0.5, 0.6) is 0 Å². The van der Waals surface area contributed by atoms with Crippen LogP contribution in [0.3, 0.4) is 0 Å². The average Bonchev–Trinajstić information content (AvgIpc) is 3.01. The zero-order valence-electron chi connectivity index (χ0n) is 9.91. The van der Waals surface area contributed by atoms with E-state index in [-0.39, 0.29) is 5.92 Å². The SMILES string of the molecule is O=C(O)c1sc(C2CC3CCC2C3)nc1C(F)(F)F. The smallest absolute Gasteiger partial charge is 0.435 e. The van der Waals surface area contributed by atoms with Crippen LogP contribution >= 0.6 is 11.3 Å². The van der Waals surface area contributed by atoms with Crippen molar-refractivity contribution < 1.29 is 23.1 Å². The molecule has 2 aliphatic carbocycles. The minimum atomic E-state index is -4.69. The molecule has 3 atom stereocenters. The van der Waals surface area contributed by atoms with E-state index in [0.717, 1.165) is 25.7 Å². The van der Waals surface area contributed by atoms with Gasteiger partial charge in [-0.25, -0.2) is 9.78 Å². The molecule has 1 N–H and O–H groups in total. The number of rotatable bonds is 2. The number of alkyl halides is 3. The molecule has 0 aliphatic heterocycles. The lowest BCUT2D eigenvalue weighted by molar-refractivity contribution is -0.141. The maximum absolute atomic E-state index is 12.8. The van der Waals surface area contributed by atoms with Crippen LogP contribution < -0.4 is 0 Å². The summed E-state index contributed by atoms with van der Waals surface area (Å²) in [5, 5.41) is 9.25. The molecule has 0 saturated heterocycles. The van der Waals surface area contributed by atoms with E-state index in [1.807, 2.05) is 0 Å². The molecule has 3 unspecified atom stereocenters. The standard InChI is InChI=1S/C12H12F3NO2S/c13-12(14,15)9-8(11(17)18)19-10(16-9)7-4-5-1-2-6(7)3-5/h5-7H,1-4H2,(H,17,18). The Morgan fingerprint density at radius 1 is 1.32 bits per heavy atom. The predicted molar refractivity (Wildman–Crippen MR) is 62.3 cm³/mol. The van der Waals surface area contributed by atoms with Gasteiger partial charge in [-0.2, -0.15) is 13.2 Å². The summed E-state index contributed by atoms with van der Waals surface area (Å²) in [7, 11) is 0. The van der Waals surface area contributed by atoms with Gasteiger partial charge in [0.15, 0.2) is 5.69 Å². The number of carboxylic acid groups (broad SMARTS) is 1. The molecule has 3 nitrogen and oxygen atoms in total. The number of thiazole rings is 1. The van der Waals surface area contributed by atoms with Gasteiger partial charge in [0, 0.05) is 5.92 Å². The van der Waals surface area contributed by atoms with Crippen LogP contribution in [-0.2, 0) is 6.18 Å². The molecule has 2 bridgehead atoms. The number of hydrogen-bond donors (Lipinski definition) is 1. The molecule has 104 valence electrons. The summed E-state index contributed by atoms with van der Waals surface area (Å²) in [5.41, 5.74) is -1.23. The Morgan fingerprint density at radius 2 is 2.05 bits per heavy atom. The topological polar surface area (TPSA) is 50.2 Å². The number of carboxylic acids is 1. The summed E-state index contributed by atoms with van der Waals surface area (Å²) in [6, 6.07) is 0.